The van der Waals surface area contributed by atoms with E-state index in [2.05, 4.69) is 304 Å². The van der Waals surface area contributed by atoms with Crippen LogP contribution in [0.2, 0.25) is 0 Å². The first-order valence-corrected chi connectivity index (χ1v) is 41.0. The van der Waals surface area contributed by atoms with E-state index in [0.717, 1.165) is 50.6 Å². The van der Waals surface area contributed by atoms with E-state index < -0.39 is 0 Å². The summed E-state index contributed by atoms with van der Waals surface area (Å²) in [5.74, 6) is 0. The summed E-state index contributed by atoms with van der Waals surface area (Å²) in [6.07, 6.45) is 16.7. The first-order chi connectivity index (χ1) is 54.6. The Hall–Kier alpha value is -11.3. The number of fused-ring (bicyclic) bond motifs is 21. The van der Waals surface area contributed by atoms with Gasteiger partial charge in [-0.05, 0) is 413 Å². The zero-order valence-corrected chi connectivity index (χ0v) is 71.7. The molecule has 14 aromatic rings. The molecule has 6 nitrogen and oxygen atoms in total. The average Bonchev–Trinajstić information content (AvgIpc) is 1.59. The van der Waals surface area contributed by atoms with Crippen molar-refractivity contribution in [1.82, 2.24) is 29.9 Å². The number of pyridine rings is 6. The van der Waals surface area contributed by atoms with Gasteiger partial charge in [-0.25, -0.2) is 0 Å². The van der Waals surface area contributed by atoms with Gasteiger partial charge in [0.15, 0.2) is 0 Å². The summed E-state index contributed by atoms with van der Waals surface area (Å²) in [6, 6.07) is 48.4. The summed E-state index contributed by atoms with van der Waals surface area (Å²) < 4.78 is 0. The Morgan fingerprint density at radius 2 is 0.561 bits per heavy atom. The topological polar surface area (TPSA) is 77.3 Å². The van der Waals surface area contributed by atoms with Crippen LogP contribution in [0.25, 0.3) is 77.9 Å². The van der Waals surface area contributed by atoms with Gasteiger partial charge in [0, 0.05) is 109 Å². The largest absolute Gasteiger partial charge is 0.260 e. The summed E-state index contributed by atoms with van der Waals surface area (Å²) >= 11 is 0. The van der Waals surface area contributed by atoms with Gasteiger partial charge in [-0.1, -0.05) is 97.1 Å². The van der Waals surface area contributed by atoms with E-state index in [4.69, 9.17) is 0 Å². The maximum atomic E-state index is 4.64. The van der Waals surface area contributed by atoms with Gasteiger partial charge in [-0.3, -0.25) is 29.9 Å². The molecule has 0 fully saturated rings. The van der Waals surface area contributed by atoms with E-state index in [9.17, 15) is 0 Å². The summed E-state index contributed by atoms with van der Waals surface area (Å²) in [5, 5.41) is 0. The van der Waals surface area contributed by atoms with Gasteiger partial charge in [0.2, 0.25) is 0 Å². The zero-order chi connectivity index (χ0) is 80.7. The Morgan fingerprint density at radius 1 is 0.193 bits per heavy atom. The molecule has 0 N–H and O–H groups in total. The molecule has 6 heterocycles. The Morgan fingerprint density at radius 3 is 1.11 bits per heavy atom. The molecule has 6 aromatic heterocycles. The highest BCUT2D eigenvalue weighted by Gasteiger charge is 2.30. The molecule has 0 saturated carbocycles. The molecule has 0 spiro atoms. The minimum atomic E-state index is 0.998. The first kappa shape index (κ1) is 78.0. The summed E-state index contributed by atoms with van der Waals surface area (Å²) in [7, 11) is 0. The van der Waals surface area contributed by atoms with Gasteiger partial charge >= 0.3 is 0 Å². The first-order valence-electron chi connectivity index (χ1n) is 41.0. The molecule has 0 atom stereocenters. The molecule has 0 radical (unpaired) electrons. The Balaban J connectivity index is 0.000000105. The van der Waals surface area contributed by atoms with Gasteiger partial charge in [-0.2, -0.15) is 0 Å². The van der Waals surface area contributed by atoms with Crippen LogP contribution >= 0.6 is 0 Å². The van der Waals surface area contributed by atoms with Crippen molar-refractivity contribution in [3.63, 3.8) is 0 Å². The zero-order valence-electron chi connectivity index (χ0n) is 71.7. The summed E-state index contributed by atoms with van der Waals surface area (Å²) in [4.78, 5) is 27.2. The van der Waals surface area contributed by atoms with Gasteiger partial charge < -0.3 is 0 Å². The fraction of sp³-hybridized carbons (Fsp3) is 0.278. The molecule has 0 saturated heterocycles. The number of aryl methyl sites for hydroxylation is 11. The highest BCUT2D eigenvalue weighted by atomic mass is 14.7. The molecule has 7 aliphatic carbocycles. The molecule has 572 valence electrons. The molecule has 0 bridgehead atoms. The summed E-state index contributed by atoms with van der Waals surface area (Å²) in [5.41, 5.74) is 70.7. The number of aromatic nitrogens is 6. The molecule has 0 unspecified atom stereocenters. The predicted octanol–water partition coefficient (Wildman–Crippen LogP) is 26.3. The molecule has 114 heavy (non-hydrogen) atoms. The van der Waals surface area contributed by atoms with E-state index in [1.54, 1.807) is 0 Å². The quantitative estimate of drug-likeness (QED) is 0.151. The van der Waals surface area contributed by atoms with E-state index in [1.807, 2.05) is 49.2 Å². The molecule has 0 aliphatic heterocycles. The molecule has 21 rings (SSSR count). The highest BCUT2D eigenvalue weighted by Crippen LogP contribution is 2.47. The van der Waals surface area contributed by atoms with E-state index in [-0.39, 0.29) is 0 Å². The SMILES string of the molecule is Cc1c(C)c(C)c2c(c1C)Cc1ncccc1-2.Cc1cc(C)c2c(c1C)Cc1ncccc1-2.Cc1cc2c(c(C)c1C)Cc1ncccc1-2.Cc1ccc2c(c1C)Cc1c-2ccc(C)c1C.Cc1ccc2c(c1C)Cc1nccc(C)c1-2.Cc1ccc2c(n1)Cc1c-2ccc(C)c1C.Cc1cnc2c(c1)-c1ccc(C)c(C)c1C2. The number of hydrogen-bond donors (Lipinski definition) is 0. The van der Waals surface area contributed by atoms with Crippen LogP contribution in [0.1, 0.15) is 207 Å². The molecule has 7 aliphatic rings. The lowest BCUT2D eigenvalue weighted by molar-refractivity contribution is 1.06. The van der Waals surface area contributed by atoms with Crippen molar-refractivity contribution in [3.8, 4) is 77.9 Å². The molecule has 8 aromatic carbocycles. The van der Waals surface area contributed by atoms with Gasteiger partial charge in [-0.15, -0.1) is 0 Å². The minimum Gasteiger partial charge on any atom is -0.260 e. The number of hydrogen-bond acceptors (Lipinski definition) is 6. The van der Waals surface area contributed by atoms with Crippen LogP contribution in [-0.4, -0.2) is 29.9 Å². The van der Waals surface area contributed by atoms with Crippen LogP contribution in [-0.2, 0) is 44.9 Å². The van der Waals surface area contributed by atoms with Crippen LogP contribution in [0.15, 0.2) is 164 Å². The minimum absolute atomic E-state index is 0.998. The third-order valence-corrected chi connectivity index (χ3v) is 27.1. The van der Waals surface area contributed by atoms with Crippen molar-refractivity contribution in [2.75, 3.05) is 0 Å². The van der Waals surface area contributed by atoms with Crippen molar-refractivity contribution in [2.45, 2.75) is 204 Å². The third-order valence-electron chi connectivity index (χ3n) is 27.1. The lowest BCUT2D eigenvalue weighted by atomic mass is 9.89. The van der Waals surface area contributed by atoms with E-state index >= 15 is 0 Å². The predicted molar refractivity (Wildman–Crippen MR) is 479 cm³/mol. The maximum Gasteiger partial charge on any atom is 0.0529 e. The van der Waals surface area contributed by atoms with Gasteiger partial charge in [0.1, 0.15) is 0 Å². The van der Waals surface area contributed by atoms with Gasteiger partial charge in [0.25, 0.3) is 0 Å². The Labute approximate surface area is 678 Å². The molecule has 6 heteroatoms. The second-order valence-electron chi connectivity index (χ2n) is 33.6. The van der Waals surface area contributed by atoms with Crippen LogP contribution < -0.4 is 0 Å². The van der Waals surface area contributed by atoms with Crippen LogP contribution in [0.5, 0.6) is 0 Å². The average molecular weight is 1490 g/mol. The fourth-order valence-electron chi connectivity index (χ4n) is 18.8. The molecular weight excluding hydrogens is 1380 g/mol. The highest BCUT2D eigenvalue weighted by molar-refractivity contribution is 5.85. The Bertz CT molecular complexity index is 6240. The fourth-order valence-corrected chi connectivity index (χ4v) is 18.8. The second-order valence-corrected chi connectivity index (χ2v) is 33.6. The van der Waals surface area contributed by atoms with Crippen LogP contribution in [0.4, 0.5) is 0 Å². The monoisotopic (exact) mass is 1490 g/mol. The Kier molecular flexibility index (Phi) is 21.3. The van der Waals surface area contributed by atoms with Gasteiger partial charge in [0.05, 0.1) is 34.2 Å². The number of rotatable bonds is 0. The smallest absolute Gasteiger partial charge is 0.0529 e. The van der Waals surface area contributed by atoms with Crippen LogP contribution in [0, 0.1) is 159 Å². The summed E-state index contributed by atoms with van der Waals surface area (Å²) in [6.45, 7) is 50.6. The maximum absolute atomic E-state index is 4.64. The number of nitrogens with zero attached hydrogens (tertiary/aromatic N) is 6. The lowest BCUT2D eigenvalue weighted by Gasteiger charge is -2.15. The number of benzene rings is 8. The van der Waals surface area contributed by atoms with E-state index in [0.29, 0.717) is 0 Å². The normalized spacial score (nSPS) is 12.4. The van der Waals surface area contributed by atoms with Crippen molar-refractivity contribution < 1.29 is 0 Å². The van der Waals surface area contributed by atoms with Crippen molar-refractivity contribution in [1.29, 1.82) is 0 Å². The third kappa shape index (κ3) is 14.1. The van der Waals surface area contributed by atoms with E-state index in [1.165, 1.54) is 279 Å². The molecular formula is C108H110N6. The second kappa shape index (κ2) is 31.2. The van der Waals surface area contributed by atoms with Crippen molar-refractivity contribution in [2.24, 2.45) is 0 Å². The van der Waals surface area contributed by atoms with Crippen molar-refractivity contribution in [3.05, 3.63) is 371 Å². The standard InChI is InChI=1S/C17H18.C16H17N.5C15H15N/c1-10-5-7-14-15-8-6-11(2)13(4)17(15)9-16(14)12(10)3;1-9-10(2)12(4)16-13-6-5-7-17-15(13)8-14(16)11(9)3;1-9-4-6-12-13-7-5-10(2)16-15(13)8-14(12)11(9)3;1-9-6-14-12-5-4-10(2)11(3)13(12)7-15(14)16-8-9;1-9-4-5-12-13(11(9)3)8-14-15(12)10(2)6-7-16-14;1-9-7-14-12-5-4-6-16-15(12)8-13(14)11(3)10(9)2;1-9-7-10(2)15-12-5-4-6-16-14(12)8-13(15)11(9)3/h5-8H,9H2,1-4H3;5-7H,8H2,1-4H3;4-7H,8H2,1-3H3;4-6,8H,7H2,1-3H3;3*4-7H,8H2,1-3H3. The lowest BCUT2D eigenvalue weighted by Crippen LogP contribution is -1.98. The van der Waals surface area contributed by atoms with Crippen molar-refractivity contribution >= 4 is 0 Å². The molecule has 0 amide bonds. The van der Waals surface area contributed by atoms with Crippen LogP contribution in [0.3, 0.4) is 0 Å².